The van der Waals surface area contributed by atoms with E-state index >= 15 is 0 Å². The molecule has 3 amide bonds. The molecule has 1 saturated heterocycles. The largest absolute Gasteiger partial charge is 0.477 e. The summed E-state index contributed by atoms with van der Waals surface area (Å²) in [4.78, 5) is 37.4. The van der Waals surface area contributed by atoms with Crippen LogP contribution in [0.4, 0.5) is 4.79 Å². The first-order chi connectivity index (χ1) is 12.9. The van der Waals surface area contributed by atoms with Crippen molar-refractivity contribution in [3.05, 3.63) is 16.3 Å². The number of nitrogens with one attached hydrogen (secondary N) is 2. The Morgan fingerprint density at radius 3 is 2.81 bits per heavy atom. The molecule has 1 aromatic rings. The molecule has 2 atom stereocenters. The number of carboxylic acids is 1. The van der Waals surface area contributed by atoms with Gasteiger partial charge in [-0.3, -0.25) is 9.69 Å². The van der Waals surface area contributed by atoms with Crippen LogP contribution in [0, 0.1) is 6.92 Å². The number of nitrogens with zero attached hydrogens (tertiary/aromatic N) is 3. The monoisotopic (exact) mass is 429 g/mol. The lowest BCUT2D eigenvalue weighted by Crippen LogP contribution is -2.71. The maximum Gasteiger partial charge on any atom is 0.352 e. The zero-order valence-electron chi connectivity index (χ0n) is 14.7. The van der Waals surface area contributed by atoms with Crippen molar-refractivity contribution in [3.63, 3.8) is 0 Å². The second kappa shape index (κ2) is 8.48. The number of urea groups is 1. The van der Waals surface area contributed by atoms with E-state index < -0.39 is 29.3 Å². The third-order valence-electron chi connectivity index (χ3n) is 3.95. The van der Waals surface area contributed by atoms with Gasteiger partial charge in [0.15, 0.2) is 4.34 Å². The van der Waals surface area contributed by atoms with Gasteiger partial charge in [0.1, 0.15) is 22.1 Å². The number of fused-ring (bicyclic) bond motifs is 1. The maximum atomic E-state index is 12.5. The van der Waals surface area contributed by atoms with Crippen LogP contribution < -0.4 is 10.6 Å². The molecular weight excluding hydrogens is 410 g/mol. The summed E-state index contributed by atoms with van der Waals surface area (Å²) in [6.07, 6.45) is 0.789. The smallest absolute Gasteiger partial charge is 0.352 e. The molecule has 1 aromatic heterocycles. The van der Waals surface area contributed by atoms with Gasteiger partial charge in [-0.05, 0) is 18.9 Å². The van der Waals surface area contributed by atoms with Gasteiger partial charge in [0, 0.05) is 18.1 Å². The van der Waals surface area contributed by atoms with Gasteiger partial charge < -0.3 is 15.7 Å². The van der Waals surface area contributed by atoms with Gasteiger partial charge in [0.2, 0.25) is 0 Å². The van der Waals surface area contributed by atoms with E-state index in [0.29, 0.717) is 23.6 Å². The highest BCUT2D eigenvalue weighted by Crippen LogP contribution is 2.41. The molecule has 0 spiro atoms. The van der Waals surface area contributed by atoms with Gasteiger partial charge >= 0.3 is 12.0 Å². The number of aromatic nitrogens is 2. The third-order valence-corrected chi connectivity index (χ3v) is 7.35. The molecule has 2 aliphatic heterocycles. The molecule has 2 aliphatic rings. The average molecular weight is 430 g/mol. The minimum atomic E-state index is -1.13. The molecule has 0 bridgehead atoms. The summed E-state index contributed by atoms with van der Waals surface area (Å²) in [7, 11) is 0. The van der Waals surface area contributed by atoms with E-state index in [0.717, 1.165) is 15.8 Å². The number of aliphatic carboxylic acids is 1. The Labute approximate surface area is 168 Å². The van der Waals surface area contributed by atoms with Crippen molar-refractivity contribution < 1.29 is 19.5 Å². The minimum Gasteiger partial charge on any atom is -0.477 e. The lowest BCUT2D eigenvalue weighted by molar-refractivity contribution is -0.148. The molecule has 27 heavy (non-hydrogen) atoms. The van der Waals surface area contributed by atoms with E-state index in [1.165, 1.54) is 39.8 Å². The third kappa shape index (κ3) is 4.22. The number of amides is 3. The summed E-state index contributed by atoms with van der Waals surface area (Å²) in [5, 5.41) is 23.3. The van der Waals surface area contributed by atoms with Gasteiger partial charge in [-0.2, -0.15) is 0 Å². The SMILES string of the molecule is CCCNC(=O)NC1C(=O)N2C(C(=O)O)=C(CSc3nnc(C)s3)CS[C@@H]12. The second-order valence-electron chi connectivity index (χ2n) is 5.92. The molecule has 1 unspecified atom stereocenters. The molecule has 3 rings (SSSR count). The molecule has 0 aliphatic carbocycles. The summed E-state index contributed by atoms with van der Waals surface area (Å²) < 4.78 is 0.763. The van der Waals surface area contributed by atoms with Gasteiger partial charge in [-0.25, -0.2) is 9.59 Å². The Kier molecular flexibility index (Phi) is 6.27. The fourth-order valence-corrected chi connectivity index (χ4v) is 6.01. The van der Waals surface area contributed by atoms with Crippen LogP contribution in [0.1, 0.15) is 18.4 Å². The first-order valence-corrected chi connectivity index (χ1v) is 11.1. The van der Waals surface area contributed by atoms with Crippen molar-refractivity contribution in [3.8, 4) is 0 Å². The number of hydrogen-bond donors (Lipinski definition) is 3. The number of β-lactam (4-membered cyclic amide) rings is 1. The lowest BCUT2D eigenvalue weighted by Gasteiger charge is -2.49. The number of carboxylic acid groups (broad SMARTS) is 1. The van der Waals surface area contributed by atoms with Gasteiger partial charge in [-0.1, -0.05) is 30.0 Å². The minimum absolute atomic E-state index is 0.0181. The van der Waals surface area contributed by atoms with Crippen LogP contribution in [0.5, 0.6) is 0 Å². The number of rotatable bonds is 7. The Morgan fingerprint density at radius 2 is 2.19 bits per heavy atom. The van der Waals surface area contributed by atoms with Crippen LogP contribution in [-0.2, 0) is 9.59 Å². The molecule has 3 N–H and O–H groups in total. The predicted molar refractivity (Wildman–Crippen MR) is 104 cm³/mol. The second-order valence-corrected chi connectivity index (χ2v) is 9.43. The van der Waals surface area contributed by atoms with E-state index in [9.17, 15) is 19.5 Å². The van der Waals surface area contributed by atoms with Gasteiger partial charge in [-0.15, -0.1) is 22.0 Å². The van der Waals surface area contributed by atoms with Crippen molar-refractivity contribution in [2.75, 3.05) is 18.1 Å². The van der Waals surface area contributed by atoms with Crippen LogP contribution in [0.15, 0.2) is 15.6 Å². The molecule has 0 saturated carbocycles. The van der Waals surface area contributed by atoms with Crippen molar-refractivity contribution in [2.45, 2.75) is 36.0 Å². The van der Waals surface area contributed by atoms with Gasteiger partial charge in [0.25, 0.3) is 5.91 Å². The van der Waals surface area contributed by atoms with Crippen molar-refractivity contribution in [1.82, 2.24) is 25.7 Å². The first kappa shape index (κ1) is 20.0. The normalized spacial score (nSPS) is 21.6. The number of aryl methyl sites for hydroxylation is 1. The molecule has 1 fully saturated rings. The highest BCUT2D eigenvalue weighted by Gasteiger charge is 2.54. The Bertz CT molecular complexity index is 796. The maximum absolute atomic E-state index is 12.5. The molecule has 146 valence electrons. The lowest BCUT2D eigenvalue weighted by atomic mass is 10.0. The van der Waals surface area contributed by atoms with Gasteiger partial charge in [0.05, 0.1) is 0 Å². The van der Waals surface area contributed by atoms with Crippen LogP contribution in [-0.4, -0.2) is 67.6 Å². The van der Waals surface area contributed by atoms with Crippen molar-refractivity contribution in [2.24, 2.45) is 0 Å². The quantitative estimate of drug-likeness (QED) is 0.437. The Balaban J connectivity index is 1.69. The van der Waals surface area contributed by atoms with Crippen LogP contribution in [0.3, 0.4) is 0 Å². The summed E-state index contributed by atoms with van der Waals surface area (Å²) >= 11 is 4.31. The van der Waals surface area contributed by atoms with E-state index in [4.69, 9.17) is 0 Å². The molecule has 9 nitrogen and oxygen atoms in total. The zero-order chi connectivity index (χ0) is 19.6. The van der Waals surface area contributed by atoms with E-state index in [1.54, 1.807) is 0 Å². The van der Waals surface area contributed by atoms with E-state index in [1.807, 2.05) is 13.8 Å². The summed E-state index contributed by atoms with van der Waals surface area (Å²) in [6.45, 7) is 4.30. The summed E-state index contributed by atoms with van der Waals surface area (Å²) in [5.41, 5.74) is 0.688. The number of hydrogen-bond acceptors (Lipinski definition) is 8. The van der Waals surface area contributed by atoms with Crippen LogP contribution >= 0.6 is 34.9 Å². The predicted octanol–water partition coefficient (Wildman–Crippen LogP) is 1.27. The number of thioether (sulfide) groups is 2. The summed E-state index contributed by atoms with van der Waals surface area (Å²) in [6, 6.07) is -1.12. The highest BCUT2D eigenvalue weighted by molar-refractivity contribution is 8.01. The molecule has 12 heteroatoms. The topological polar surface area (TPSA) is 125 Å². The van der Waals surface area contributed by atoms with E-state index in [2.05, 4.69) is 20.8 Å². The van der Waals surface area contributed by atoms with Crippen LogP contribution in [0.2, 0.25) is 0 Å². The average Bonchev–Trinajstić information content (AvgIpc) is 3.06. The zero-order valence-corrected chi connectivity index (χ0v) is 17.2. The number of carbonyl (C=O) groups is 3. The molecular formula is C15H19N5O4S3. The standard InChI is InChI=1S/C15H19N5O4S3/c1-3-4-16-14(24)17-9-11(21)20-10(13(22)23)8(5-25-12(9)20)6-26-15-19-18-7(2)27-15/h9,12H,3-6H2,1-2H3,(H,22,23)(H2,16,17,24)/t9?,12-/m0/s1. The Morgan fingerprint density at radius 1 is 1.41 bits per heavy atom. The molecule has 3 heterocycles. The van der Waals surface area contributed by atoms with E-state index in [-0.39, 0.29) is 5.70 Å². The Hall–Kier alpha value is -1.79. The summed E-state index contributed by atoms with van der Waals surface area (Å²) in [5.74, 6) is -0.623. The fourth-order valence-electron chi connectivity index (χ4n) is 2.71. The highest BCUT2D eigenvalue weighted by atomic mass is 32.2. The van der Waals surface area contributed by atoms with Crippen LogP contribution in [0.25, 0.3) is 0 Å². The fraction of sp³-hybridized carbons (Fsp3) is 0.533. The molecule has 0 aromatic carbocycles. The van der Waals surface area contributed by atoms with Crippen molar-refractivity contribution >= 4 is 52.8 Å². The number of carbonyl (C=O) groups excluding carboxylic acids is 2. The first-order valence-electron chi connectivity index (χ1n) is 8.29. The van der Waals surface area contributed by atoms with Crippen molar-refractivity contribution in [1.29, 1.82) is 0 Å². The molecule has 0 radical (unpaired) electrons.